The Morgan fingerprint density at radius 2 is 1.49 bits per heavy atom. The monoisotopic (exact) mass is 466 g/mol. The highest BCUT2D eigenvalue weighted by Crippen LogP contribution is 2.24. The predicted molar refractivity (Wildman–Crippen MR) is 139 cm³/mol. The normalized spacial score (nSPS) is 10.8. The molecule has 35 heavy (non-hydrogen) atoms. The van der Waals surface area contributed by atoms with Crippen molar-refractivity contribution in [3.63, 3.8) is 0 Å². The zero-order valence-corrected chi connectivity index (χ0v) is 20.1. The van der Waals surface area contributed by atoms with Crippen LogP contribution in [-0.4, -0.2) is 39.4 Å². The number of nitrogens with one attached hydrogen (secondary N) is 1. The van der Waals surface area contributed by atoms with E-state index in [4.69, 9.17) is 4.98 Å². The molecule has 0 radical (unpaired) electrons. The number of nitrogens with zero attached hydrogens (tertiary/aromatic N) is 3. The summed E-state index contributed by atoms with van der Waals surface area (Å²) in [4.78, 5) is 32.5. The number of carbonyl (C=O) groups is 2. The molecule has 6 nitrogen and oxygen atoms in total. The Morgan fingerprint density at radius 3 is 2.11 bits per heavy atom. The molecule has 0 atom stereocenters. The van der Waals surface area contributed by atoms with Crippen LogP contribution in [0, 0.1) is 5.92 Å². The van der Waals surface area contributed by atoms with Crippen molar-refractivity contribution in [3.05, 3.63) is 103 Å². The summed E-state index contributed by atoms with van der Waals surface area (Å²) < 4.78 is 1.86. The van der Waals surface area contributed by atoms with Gasteiger partial charge in [-0.1, -0.05) is 92.7 Å². The zero-order valence-electron chi connectivity index (χ0n) is 20.1. The lowest BCUT2D eigenvalue weighted by molar-refractivity contribution is -0.134. The van der Waals surface area contributed by atoms with Crippen LogP contribution in [0.5, 0.6) is 0 Å². The second-order valence-corrected chi connectivity index (χ2v) is 8.90. The minimum Gasteiger partial charge on any atom is -0.333 e. The number of aromatic nitrogens is 2. The summed E-state index contributed by atoms with van der Waals surface area (Å²) in [5.41, 5.74) is 3.52. The van der Waals surface area contributed by atoms with Gasteiger partial charge < -0.3 is 4.90 Å². The van der Waals surface area contributed by atoms with Crippen LogP contribution in [0.3, 0.4) is 0 Å². The molecule has 2 amide bonds. The number of hydrogen-bond acceptors (Lipinski definition) is 3. The van der Waals surface area contributed by atoms with Crippen LogP contribution in [0.1, 0.15) is 19.4 Å². The SMILES string of the molecule is CC(C)CN(CC(=O)Nc1nc(-c2ccccc2)cn1-c1ccccc1)C(=O)Cc1ccccc1. The Hall–Kier alpha value is -4.19. The van der Waals surface area contributed by atoms with Crippen molar-refractivity contribution in [3.8, 4) is 16.9 Å². The highest BCUT2D eigenvalue weighted by Gasteiger charge is 2.21. The van der Waals surface area contributed by atoms with E-state index in [1.165, 1.54) is 0 Å². The average molecular weight is 467 g/mol. The minimum atomic E-state index is -0.283. The number of anilines is 1. The highest BCUT2D eigenvalue weighted by atomic mass is 16.2. The van der Waals surface area contributed by atoms with Gasteiger partial charge in [0, 0.05) is 24.0 Å². The van der Waals surface area contributed by atoms with Gasteiger partial charge in [-0.2, -0.15) is 0 Å². The fraction of sp³-hybridized carbons (Fsp3) is 0.207. The Balaban J connectivity index is 1.55. The average Bonchev–Trinajstić information content (AvgIpc) is 3.28. The lowest BCUT2D eigenvalue weighted by Gasteiger charge is -2.24. The molecule has 0 aliphatic rings. The largest absolute Gasteiger partial charge is 0.333 e. The first-order chi connectivity index (χ1) is 17.0. The van der Waals surface area contributed by atoms with E-state index in [2.05, 4.69) is 5.32 Å². The molecule has 1 N–H and O–H groups in total. The summed E-state index contributed by atoms with van der Waals surface area (Å²) in [5.74, 6) is 0.296. The first-order valence-corrected chi connectivity index (χ1v) is 11.8. The molecule has 3 aromatic carbocycles. The van der Waals surface area contributed by atoms with Gasteiger partial charge in [0.05, 0.1) is 18.7 Å². The molecule has 1 heterocycles. The molecule has 178 valence electrons. The molecule has 0 aliphatic heterocycles. The summed E-state index contributed by atoms with van der Waals surface area (Å²) in [6.45, 7) is 4.54. The molecule has 6 heteroatoms. The Morgan fingerprint density at radius 1 is 0.886 bits per heavy atom. The Bertz CT molecular complexity index is 1250. The summed E-state index contributed by atoms with van der Waals surface area (Å²) >= 11 is 0. The summed E-state index contributed by atoms with van der Waals surface area (Å²) in [7, 11) is 0. The highest BCUT2D eigenvalue weighted by molar-refractivity contribution is 5.94. The van der Waals surface area contributed by atoms with Gasteiger partial charge in [0.25, 0.3) is 0 Å². The van der Waals surface area contributed by atoms with E-state index in [1.807, 2.05) is 116 Å². The van der Waals surface area contributed by atoms with Crippen LogP contribution in [0.4, 0.5) is 5.95 Å². The minimum absolute atomic E-state index is 0.0355. The number of rotatable bonds is 9. The second-order valence-electron chi connectivity index (χ2n) is 8.90. The third-order valence-corrected chi connectivity index (χ3v) is 5.53. The quantitative estimate of drug-likeness (QED) is 0.368. The third kappa shape index (κ3) is 6.44. The van der Waals surface area contributed by atoms with Gasteiger partial charge in [-0.15, -0.1) is 0 Å². The standard InChI is InChI=1S/C29H30N4O2/c1-22(2)19-32(28(35)18-23-12-6-3-7-13-23)21-27(34)31-29-30-26(24-14-8-4-9-15-24)20-33(29)25-16-10-5-11-17-25/h3-17,20,22H,18-19,21H2,1-2H3,(H,30,31,34). The van der Waals surface area contributed by atoms with Gasteiger partial charge in [-0.05, 0) is 23.6 Å². The van der Waals surface area contributed by atoms with Crippen molar-refractivity contribution < 1.29 is 9.59 Å². The molecule has 4 aromatic rings. The number of amides is 2. The smallest absolute Gasteiger partial charge is 0.246 e. The van der Waals surface area contributed by atoms with E-state index < -0.39 is 0 Å². The van der Waals surface area contributed by atoms with E-state index in [0.29, 0.717) is 12.5 Å². The zero-order chi connectivity index (χ0) is 24.6. The molecule has 0 unspecified atom stereocenters. The third-order valence-electron chi connectivity index (χ3n) is 5.53. The lowest BCUT2D eigenvalue weighted by Crippen LogP contribution is -2.41. The van der Waals surface area contributed by atoms with Crippen molar-refractivity contribution in [2.24, 2.45) is 5.92 Å². The maximum Gasteiger partial charge on any atom is 0.246 e. The van der Waals surface area contributed by atoms with Crippen LogP contribution in [0.15, 0.2) is 97.2 Å². The van der Waals surface area contributed by atoms with Crippen LogP contribution in [0.2, 0.25) is 0 Å². The van der Waals surface area contributed by atoms with Gasteiger partial charge >= 0.3 is 0 Å². The van der Waals surface area contributed by atoms with Crippen LogP contribution in [-0.2, 0) is 16.0 Å². The van der Waals surface area contributed by atoms with Gasteiger partial charge in [-0.3, -0.25) is 19.5 Å². The van der Waals surface area contributed by atoms with Crippen molar-refractivity contribution in [1.29, 1.82) is 0 Å². The van der Waals surface area contributed by atoms with Gasteiger partial charge in [0.1, 0.15) is 0 Å². The summed E-state index contributed by atoms with van der Waals surface area (Å²) in [6, 6.07) is 29.2. The van der Waals surface area contributed by atoms with E-state index >= 15 is 0 Å². The number of para-hydroxylation sites is 1. The van der Waals surface area contributed by atoms with Crippen LogP contribution in [0.25, 0.3) is 16.9 Å². The van der Waals surface area contributed by atoms with Gasteiger partial charge in [-0.25, -0.2) is 4.98 Å². The van der Waals surface area contributed by atoms with Crippen LogP contribution >= 0.6 is 0 Å². The lowest BCUT2D eigenvalue weighted by atomic mass is 10.1. The number of benzene rings is 3. The Kier molecular flexibility index (Phi) is 7.73. The molecule has 4 rings (SSSR count). The predicted octanol–water partition coefficient (Wildman–Crippen LogP) is 5.21. The molecule has 0 saturated carbocycles. The van der Waals surface area contributed by atoms with E-state index in [1.54, 1.807) is 4.90 Å². The van der Waals surface area contributed by atoms with Crippen LogP contribution < -0.4 is 5.32 Å². The summed E-state index contributed by atoms with van der Waals surface area (Å²) in [5, 5.41) is 2.94. The van der Waals surface area contributed by atoms with E-state index in [0.717, 1.165) is 22.5 Å². The van der Waals surface area contributed by atoms with Gasteiger partial charge in [0.15, 0.2) is 0 Å². The molecular weight excluding hydrogens is 436 g/mol. The molecule has 0 saturated heterocycles. The van der Waals surface area contributed by atoms with E-state index in [9.17, 15) is 9.59 Å². The second kappa shape index (κ2) is 11.3. The fourth-order valence-electron chi connectivity index (χ4n) is 3.92. The molecule has 0 spiro atoms. The Labute approximate surface area is 206 Å². The molecule has 0 bridgehead atoms. The number of hydrogen-bond donors (Lipinski definition) is 1. The van der Waals surface area contributed by atoms with E-state index in [-0.39, 0.29) is 30.7 Å². The maximum atomic E-state index is 13.1. The molecular formula is C29H30N4O2. The molecule has 0 aliphatic carbocycles. The molecule has 1 aromatic heterocycles. The van der Waals surface area contributed by atoms with Crippen molar-refractivity contribution >= 4 is 17.8 Å². The van der Waals surface area contributed by atoms with Crippen molar-refractivity contribution in [2.75, 3.05) is 18.4 Å². The number of carbonyl (C=O) groups excluding carboxylic acids is 2. The maximum absolute atomic E-state index is 13.1. The van der Waals surface area contributed by atoms with Crippen molar-refractivity contribution in [2.45, 2.75) is 20.3 Å². The summed E-state index contributed by atoms with van der Waals surface area (Å²) in [6.07, 6.45) is 2.17. The van der Waals surface area contributed by atoms with Gasteiger partial charge in [0.2, 0.25) is 17.8 Å². The number of imidazole rings is 1. The fourth-order valence-corrected chi connectivity index (χ4v) is 3.92. The topological polar surface area (TPSA) is 67.2 Å². The molecule has 0 fully saturated rings. The first kappa shape index (κ1) is 24.0. The van der Waals surface area contributed by atoms with Crippen molar-refractivity contribution in [1.82, 2.24) is 14.5 Å². The first-order valence-electron chi connectivity index (χ1n) is 11.8.